The molecule has 0 aromatic heterocycles. The topological polar surface area (TPSA) is 34.1 Å². The van der Waals surface area contributed by atoms with Crippen LogP contribution in [0.2, 0.25) is 0 Å². The summed E-state index contributed by atoms with van der Waals surface area (Å²) >= 11 is 3.37. The first kappa shape index (κ1) is 12.0. The Morgan fingerprint density at radius 2 is 1.86 bits per heavy atom. The summed E-state index contributed by atoms with van der Waals surface area (Å²) in [5, 5.41) is 0.847. The van der Waals surface area contributed by atoms with Crippen molar-refractivity contribution in [3.8, 4) is 0 Å². The molecule has 0 N–H and O–H groups in total. The van der Waals surface area contributed by atoms with E-state index < -0.39 is 9.05 Å². The molecule has 0 aliphatic carbocycles. The zero-order valence-electron chi connectivity index (χ0n) is 7.57. The van der Waals surface area contributed by atoms with Crippen molar-refractivity contribution in [2.75, 3.05) is 5.33 Å². The molecule has 0 heterocycles. The van der Waals surface area contributed by atoms with Crippen LogP contribution in [0.3, 0.4) is 0 Å². The SMILES string of the molecule is CC(CBr)c1ccc(S(=O)(=O)Cl)cc1. The molecule has 5 heteroatoms. The predicted molar refractivity (Wildman–Crippen MR) is 61.7 cm³/mol. The Hall–Kier alpha value is -0.0600. The molecule has 0 amide bonds. The number of benzene rings is 1. The third kappa shape index (κ3) is 2.97. The van der Waals surface area contributed by atoms with Crippen LogP contribution in [0.4, 0.5) is 0 Å². The van der Waals surface area contributed by atoms with Crippen LogP contribution in [0.5, 0.6) is 0 Å². The molecule has 0 aliphatic rings. The van der Waals surface area contributed by atoms with E-state index in [4.69, 9.17) is 10.7 Å². The predicted octanol–water partition coefficient (Wildman–Crippen LogP) is 3.11. The molecule has 1 aromatic carbocycles. The van der Waals surface area contributed by atoms with Gasteiger partial charge in [-0.1, -0.05) is 35.0 Å². The molecule has 0 radical (unpaired) electrons. The fourth-order valence-electron chi connectivity index (χ4n) is 1.05. The van der Waals surface area contributed by atoms with Crippen LogP contribution in [-0.4, -0.2) is 13.7 Å². The molecule has 0 saturated heterocycles. The molecule has 0 saturated carbocycles. The van der Waals surface area contributed by atoms with E-state index in [1.54, 1.807) is 12.1 Å². The molecule has 1 rings (SSSR count). The molecular weight excluding hydrogens is 288 g/mol. The molecule has 14 heavy (non-hydrogen) atoms. The van der Waals surface area contributed by atoms with Crippen molar-refractivity contribution in [1.82, 2.24) is 0 Å². The van der Waals surface area contributed by atoms with Crippen molar-refractivity contribution in [1.29, 1.82) is 0 Å². The summed E-state index contributed by atoms with van der Waals surface area (Å²) in [6.07, 6.45) is 0. The van der Waals surface area contributed by atoms with Crippen molar-refractivity contribution in [2.24, 2.45) is 0 Å². The Kier molecular flexibility index (Phi) is 3.98. The van der Waals surface area contributed by atoms with E-state index >= 15 is 0 Å². The first-order valence-electron chi connectivity index (χ1n) is 4.05. The molecule has 0 fully saturated rings. The van der Waals surface area contributed by atoms with E-state index in [2.05, 4.69) is 22.9 Å². The average Bonchev–Trinajstić information content (AvgIpc) is 2.15. The largest absolute Gasteiger partial charge is 0.261 e. The Morgan fingerprint density at radius 3 is 2.21 bits per heavy atom. The lowest BCUT2D eigenvalue weighted by Crippen LogP contribution is -1.96. The van der Waals surface area contributed by atoms with E-state index in [0.717, 1.165) is 10.9 Å². The smallest absolute Gasteiger partial charge is 0.207 e. The Balaban J connectivity index is 3.01. The second-order valence-electron chi connectivity index (χ2n) is 3.06. The van der Waals surface area contributed by atoms with Gasteiger partial charge >= 0.3 is 0 Å². The van der Waals surface area contributed by atoms with Gasteiger partial charge in [-0.05, 0) is 23.6 Å². The van der Waals surface area contributed by atoms with Gasteiger partial charge in [-0.15, -0.1) is 0 Å². The molecule has 1 aromatic rings. The lowest BCUT2D eigenvalue weighted by atomic mass is 10.0. The Morgan fingerprint density at radius 1 is 1.36 bits per heavy atom. The lowest BCUT2D eigenvalue weighted by molar-refractivity contribution is 0.609. The normalized spacial score (nSPS) is 13.9. The maximum atomic E-state index is 10.9. The van der Waals surface area contributed by atoms with E-state index in [1.165, 1.54) is 12.1 Å². The monoisotopic (exact) mass is 296 g/mol. The maximum Gasteiger partial charge on any atom is 0.261 e. The molecule has 1 unspecified atom stereocenters. The van der Waals surface area contributed by atoms with Crippen molar-refractivity contribution in [3.05, 3.63) is 29.8 Å². The van der Waals surface area contributed by atoms with Gasteiger partial charge < -0.3 is 0 Å². The van der Waals surface area contributed by atoms with E-state index in [9.17, 15) is 8.42 Å². The van der Waals surface area contributed by atoms with Gasteiger partial charge in [0.1, 0.15) is 0 Å². The standard InChI is InChI=1S/C9H10BrClO2S/c1-7(6-10)8-2-4-9(5-3-8)14(11,12)13/h2-5,7H,6H2,1H3. The van der Waals surface area contributed by atoms with Gasteiger partial charge in [0.05, 0.1) is 4.90 Å². The zero-order chi connectivity index (χ0) is 10.8. The van der Waals surface area contributed by atoms with Crippen LogP contribution in [0.1, 0.15) is 18.4 Å². The van der Waals surface area contributed by atoms with Crippen LogP contribution in [-0.2, 0) is 9.05 Å². The van der Waals surface area contributed by atoms with Gasteiger partial charge in [-0.3, -0.25) is 0 Å². The fourth-order valence-corrected chi connectivity index (χ4v) is 2.19. The minimum Gasteiger partial charge on any atom is -0.207 e. The quantitative estimate of drug-likeness (QED) is 0.634. The number of hydrogen-bond acceptors (Lipinski definition) is 2. The van der Waals surface area contributed by atoms with Gasteiger partial charge in [0.15, 0.2) is 0 Å². The average molecular weight is 298 g/mol. The first-order valence-corrected chi connectivity index (χ1v) is 7.49. The third-order valence-electron chi connectivity index (χ3n) is 1.96. The highest BCUT2D eigenvalue weighted by molar-refractivity contribution is 9.09. The van der Waals surface area contributed by atoms with Crippen molar-refractivity contribution in [2.45, 2.75) is 17.7 Å². The fraction of sp³-hybridized carbons (Fsp3) is 0.333. The van der Waals surface area contributed by atoms with Crippen molar-refractivity contribution >= 4 is 35.7 Å². The first-order chi connectivity index (χ1) is 6.45. The molecule has 2 nitrogen and oxygen atoms in total. The minimum atomic E-state index is -3.59. The van der Waals surface area contributed by atoms with Crippen LogP contribution in [0.25, 0.3) is 0 Å². The summed E-state index contributed by atoms with van der Waals surface area (Å²) in [4.78, 5) is 0.143. The van der Waals surface area contributed by atoms with Crippen LogP contribution in [0, 0.1) is 0 Å². The second-order valence-corrected chi connectivity index (χ2v) is 6.28. The third-order valence-corrected chi connectivity index (χ3v) is 4.30. The Labute approximate surface area is 96.8 Å². The molecular formula is C9H10BrClO2S. The summed E-state index contributed by atoms with van der Waals surface area (Å²) in [5.41, 5.74) is 1.09. The van der Waals surface area contributed by atoms with Gasteiger partial charge in [0.25, 0.3) is 9.05 Å². The highest BCUT2D eigenvalue weighted by atomic mass is 79.9. The number of alkyl halides is 1. The summed E-state index contributed by atoms with van der Waals surface area (Å²) in [6, 6.07) is 6.61. The van der Waals surface area contributed by atoms with Crippen LogP contribution < -0.4 is 0 Å². The van der Waals surface area contributed by atoms with Crippen molar-refractivity contribution < 1.29 is 8.42 Å². The molecule has 0 spiro atoms. The van der Waals surface area contributed by atoms with Gasteiger partial charge in [0, 0.05) is 16.0 Å². The number of halogens is 2. The summed E-state index contributed by atoms with van der Waals surface area (Å²) < 4.78 is 21.9. The summed E-state index contributed by atoms with van der Waals surface area (Å²) in [7, 11) is 1.60. The number of rotatable bonds is 3. The minimum absolute atomic E-state index is 0.143. The summed E-state index contributed by atoms with van der Waals surface area (Å²) in [6.45, 7) is 2.05. The highest BCUT2D eigenvalue weighted by Gasteiger charge is 2.10. The number of hydrogen-bond donors (Lipinski definition) is 0. The lowest BCUT2D eigenvalue weighted by Gasteiger charge is -2.07. The maximum absolute atomic E-state index is 10.9. The van der Waals surface area contributed by atoms with E-state index in [-0.39, 0.29) is 4.90 Å². The van der Waals surface area contributed by atoms with Gasteiger partial charge in [0.2, 0.25) is 0 Å². The molecule has 78 valence electrons. The Bertz CT molecular complexity index is 399. The molecule has 1 atom stereocenters. The molecule has 0 aliphatic heterocycles. The van der Waals surface area contributed by atoms with E-state index in [1.807, 2.05) is 0 Å². The van der Waals surface area contributed by atoms with Crippen molar-refractivity contribution in [3.63, 3.8) is 0 Å². The van der Waals surface area contributed by atoms with E-state index in [0.29, 0.717) is 5.92 Å². The summed E-state index contributed by atoms with van der Waals surface area (Å²) in [5.74, 6) is 0.363. The van der Waals surface area contributed by atoms with Crippen LogP contribution >= 0.6 is 26.6 Å². The highest BCUT2D eigenvalue weighted by Crippen LogP contribution is 2.21. The van der Waals surface area contributed by atoms with Crippen LogP contribution in [0.15, 0.2) is 29.2 Å². The molecule has 0 bridgehead atoms. The zero-order valence-corrected chi connectivity index (χ0v) is 10.7. The van der Waals surface area contributed by atoms with Gasteiger partial charge in [-0.2, -0.15) is 0 Å². The second kappa shape index (κ2) is 4.64. The van der Waals surface area contributed by atoms with Gasteiger partial charge in [-0.25, -0.2) is 8.42 Å².